The van der Waals surface area contributed by atoms with Gasteiger partial charge in [0.05, 0.1) is 31.7 Å². The van der Waals surface area contributed by atoms with E-state index in [1.165, 1.54) is 12.1 Å². The first kappa shape index (κ1) is 21.5. The SMILES string of the molecule is COc1ccc(-n2cc(CN(C)CCN3CCOCC3)c(-c3cccc(F)c3)n2)cc1. The minimum atomic E-state index is -0.261. The summed E-state index contributed by atoms with van der Waals surface area (Å²) in [6.07, 6.45) is 2.04. The van der Waals surface area contributed by atoms with E-state index in [0.29, 0.717) is 0 Å². The van der Waals surface area contributed by atoms with Crippen LogP contribution in [0.3, 0.4) is 0 Å². The van der Waals surface area contributed by atoms with Gasteiger partial charge in [-0.3, -0.25) is 4.90 Å². The maximum atomic E-state index is 13.9. The number of aromatic nitrogens is 2. The van der Waals surface area contributed by atoms with Gasteiger partial charge >= 0.3 is 0 Å². The number of hydrogen-bond donors (Lipinski definition) is 0. The minimum absolute atomic E-state index is 0.261. The lowest BCUT2D eigenvalue weighted by Crippen LogP contribution is -2.40. The zero-order valence-corrected chi connectivity index (χ0v) is 18.1. The Bertz CT molecular complexity index is 983. The molecule has 164 valence electrons. The number of hydrogen-bond acceptors (Lipinski definition) is 5. The normalized spacial score (nSPS) is 14.8. The van der Waals surface area contributed by atoms with Gasteiger partial charge in [0.1, 0.15) is 11.6 Å². The topological polar surface area (TPSA) is 42.8 Å². The van der Waals surface area contributed by atoms with E-state index < -0.39 is 0 Å². The van der Waals surface area contributed by atoms with Crippen molar-refractivity contribution >= 4 is 0 Å². The third kappa shape index (κ3) is 5.50. The molecular weight excluding hydrogens is 395 g/mol. The summed E-state index contributed by atoms with van der Waals surface area (Å²) in [5.41, 5.74) is 3.57. The first-order valence-electron chi connectivity index (χ1n) is 10.6. The quantitative estimate of drug-likeness (QED) is 0.554. The Balaban J connectivity index is 1.55. The van der Waals surface area contributed by atoms with E-state index in [9.17, 15) is 4.39 Å². The Labute approximate surface area is 182 Å². The molecule has 0 radical (unpaired) electrons. The summed E-state index contributed by atoms with van der Waals surface area (Å²) in [6, 6.07) is 14.4. The van der Waals surface area contributed by atoms with E-state index in [2.05, 4.69) is 16.8 Å². The van der Waals surface area contributed by atoms with Crippen molar-refractivity contribution in [2.75, 3.05) is 53.6 Å². The predicted molar refractivity (Wildman–Crippen MR) is 119 cm³/mol. The average Bonchev–Trinajstić information content (AvgIpc) is 3.22. The minimum Gasteiger partial charge on any atom is -0.497 e. The predicted octanol–water partition coefficient (Wildman–Crippen LogP) is 3.45. The van der Waals surface area contributed by atoms with Gasteiger partial charge in [0.25, 0.3) is 0 Å². The van der Waals surface area contributed by atoms with E-state index >= 15 is 0 Å². The third-order valence-electron chi connectivity index (χ3n) is 5.57. The lowest BCUT2D eigenvalue weighted by atomic mass is 10.1. The summed E-state index contributed by atoms with van der Waals surface area (Å²) in [4.78, 5) is 4.71. The summed E-state index contributed by atoms with van der Waals surface area (Å²) in [5, 5.41) is 4.81. The summed E-state index contributed by atoms with van der Waals surface area (Å²) in [6.45, 7) is 6.25. The molecule has 0 N–H and O–H groups in total. The van der Waals surface area contributed by atoms with Crippen LogP contribution in [0.4, 0.5) is 4.39 Å². The van der Waals surface area contributed by atoms with Crippen molar-refractivity contribution in [3.63, 3.8) is 0 Å². The fraction of sp³-hybridized carbons (Fsp3) is 0.375. The molecule has 0 amide bonds. The Kier molecular flexibility index (Phi) is 6.96. The van der Waals surface area contributed by atoms with Gasteiger partial charge in [0.15, 0.2) is 0 Å². The Hall–Kier alpha value is -2.74. The third-order valence-corrected chi connectivity index (χ3v) is 5.57. The Morgan fingerprint density at radius 2 is 1.90 bits per heavy atom. The summed E-state index contributed by atoms with van der Waals surface area (Å²) in [5.74, 6) is 0.535. The van der Waals surface area contributed by atoms with Crippen molar-refractivity contribution in [2.45, 2.75) is 6.54 Å². The molecule has 0 bridgehead atoms. The Morgan fingerprint density at radius 3 is 2.61 bits per heavy atom. The van der Waals surface area contributed by atoms with Gasteiger partial charge in [0.2, 0.25) is 0 Å². The second kappa shape index (κ2) is 10.0. The van der Waals surface area contributed by atoms with Gasteiger partial charge in [-0.05, 0) is 43.4 Å². The highest BCUT2D eigenvalue weighted by Crippen LogP contribution is 2.26. The lowest BCUT2D eigenvalue weighted by molar-refractivity contribution is 0.0342. The summed E-state index contributed by atoms with van der Waals surface area (Å²) >= 11 is 0. The van der Waals surface area contributed by atoms with Gasteiger partial charge in [-0.15, -0.1) is 0 Å². The maximum Gasteiger partial charge on any atom is 0.123 e. The molecule has 0 spiro atoms. The van der Waals surface area contributed by atoms with Gasteiger partial charge < -0.3 is 14.4 Å². The highest BCUT2D eigenvalue weighted by molar-refractivity contribution is 5.63. The molecule has 0 unspecified atom stereocenters. The van der Waals surface area contributed by atoms with E-state index in [1.54, 1.807) is 13.2 Å². The zero-order valence-electron chi connectivity index (χ0n) is 18.1. The second-order valence-electron chi connectivity index (χ2n) is 7.85. The molecule has 1 aromatic heterocycles. The largest absolute Gasteiger partial charge is 0.497 e. The van der Waals surface area contributed by atoms with Crippen LogP contribution in [0.25, 0.3) is 16.9 Å². The standard InChI is InChI=1S/C24H29FN4O2/c1-27(10-11-28-12-14-31-15-13-28)17-20-18-29(22-6-8-23(30-2)9-7-22)26-24(20)19-4-3-5-21(25)16-19/h3-9,16,18H,10-15,17H2,1-2H3. The fourth-order valence-corrected chi connectivity index (χ4v) is 3.78. The van der Waals surface area contributed by atoms with E-state index in [1.807, 2.05) is 41.2 Å². The van der Waals surface area contributed by atoms with Gasteiger partial charge in [-0.25, -0.2) is 9.07 Å². The highest BCUT2D eigenvalue weighted by atomic mass is 19.1. The number of likely N-dealkylation sites (N-methyl/N-ethyl adjacent to an activating group) is 1. The van der Waals surface area contributed by atoms with Crippen molar-refractivity contribution in [1.82, 2.24) is 19.6 Å². The van der Waals surface area contributed by atoms with Gasteiger partial charge in [-0.1, -0.05) is 12.1 Å². The van der Waals surface area contributed by atoms with Crippen molar-refractivity contribution in [3.05, 3.63) is 66.1 Å². The molecule has 0 saturated carbocycles. The number of rotatable bonds is 8. The van der Waals surface area contributed by atoms with Crippen LogP contribution in [0.2, 0.25) is 0 Å². The van der Waals surface area contributed by atoms with E-state index in [-0.39, 0.29) is 5.82 Å². The smallest absolute Gasteiger partial charge is 0.123 e. The van der Waals surface area contributed by atoms with Crippen molar-refractivity contribution in [2.24, 2.45) is 0 Å². The number of morpholine rings is 1. The van der Waals surface area contributed by atoms with Crippen LogP contribution in [0.15, 0.2) is 54.7 Å². The highest BCUT2D eigenvalue weighted by Gasteiger charge is 2.16. The van der Waals surface area contributed by atoms with Crippen LogP contribution >= 0.6 is 0 Å². The maximum absolute atomic E-state index is 13.9. The van der Waals surface area contributed by atoms with E-state index in [4.69, 9.17) is 14.6 Å². The molecule has 6 nitrogen and oxygen atoms in total. The van der Waals surface area contributed by atoms with Gasteiger partial charge in [-0.2, -0.15) is 5.10 Å². The van der Waals surface area contributed by atoms with Gasteiger partial charge in [0, 0.05) is 50.0 Å². The zero-order chi connectivity index (χ0) is 21.6. The molecule has 1 saturated heterocycles. The average molecular weight is 425 g/mol. The molecule has 1 aliphatic rings. The van der Waals surface area contributed by atoms with Crippen LogP contribution in [0, 0.1) is 5.82 Å². The lowest BCUT2D eigenvalue weighted by Gasteiger charge is -2.28. The summed E-state index contributed by atoms with van der Waals surface area (Å²) < 4.78 is 26.5. The van der Waals surface area contributed by atoms with Crippen LogP contribution < -0.4 is 4.74 Å². The molecule has 0 aliphatic carbocycles. The van der Waals surface area contributed by atoms with E-state index in [0.717, 1.165) is 74.2 Å². The molecule has 2 aromatic carbocycles. The molecule has 0 atom stereocenters. The van der Waals surface area contributed by atoms with Crippen LogP contribution in [-0.2, 0) is 11.3 Å². The monoisotopic (exact) mass is 424 g/mol. The molecule has 1 aliphatic heterocycles. The molecular formula is C24H29FN4O2. The number of methoxy groups -OCH3 is 1. The summed E-state index contributed by atoms with van der Waals surface area (Å²) in [7, 11) is 3.76. The van der Waals surface area contributed by atoms with Crippen molar-refractivity contribution in [3.8, 4) is 22.7 Å². The van der Waals surface area contributed by atoms with Crippen molar-refractivity contribution in [1.29, 1.82) is 0 Å². The number of ether oxygens (including phenoxy) is 2. The first-order valence-corrected chi connectivity index (χ1v) is 10.6. The molecule has 3 aromatic rings. The number of halogens is 1. The first-order chi connectivity index (χ1) is 15.1. The molecule has 7 heteroatoms. The molecule has 31 heavy (non-hydrogen) atoms. The molecule has 1 fully saturated rings. The number of benzene rings is 2. The Morgan fingerprint density at radius 1 is 1.13 bits per heavy atom. The molecule has 4 rings (SSSR count). The second-order valence-corrected chi connectivity index (χ2v) is 7.85. The van der Waals surface area contributed by atoms with Crippen LogP contribution in [0.5, 0.6) is 5.75 Å². The van der Waals surface area contributed by atoms with Crippen molar-refractivity contribution < 1.29 is 13.9 Å². The van der Waals surface area contributed by atoms with Crippen LogP contribution in [0.1, 0.15) is 5.56 Å². The number of nitrogens with zero attached hydrogens (tertiary/aromatic N) is 4. The molecule has 2 heterocycles. The fourth-order valence-electron chi connectivity index (χ4n) is 3.78. The van der Waals surface area contributed by atoms with Crippen LogP contribution in [-0.4, -0.2) is 73.1 Å².